The van der Waals surface area contributed by atoms with Gasteiger partial charge in [-0.15, -0.1) is 0 Å². The fourth-order valence-electron chi connectivity index (χ4n) is 2.84. The Morgan fingerprint density at radius 2 is 2.18 bits per heavy atom. The standard InChI is InChI=1S/C14H25N3/c1-13(2)7-6-11(8-13)17-10-16-9-12(17)14(3,4)15-5/h9-11,15H,6-8H2,1-5H3. The molecule has 0 spiro atoms. The van der Waals surface area contributed by atoms with Gasteiger partial charge in [-0.05, 0) is 45.6 Å². The predicted octanol–water partition coefficient (Wildman–Crippen LogP) is 3.09. The van der Waals surface area contributed by atoms with Crippen LogP contribution in [0.4, 0.5) is 0 Å². The lowest BCUT2D eigenvalue weighted by atomic mass is 9.91. The van der Waals surface area contributed by atoms with Gasteiger partial charge in [0, 0.05) is 6.04 Å². The lowest BCUT2D eigenvalue weighted by Crippen LogP contribution is -2.36. The monoisotopic (exact) mass is 235 g/mol. The van der Waals surface area contributed by atoms with E-state index in [-0.39, 0.29) is 5.54 Å². The minimum atomic E-state index is -0.0107. The molecule has 1 aliphatic rings. The summed E-state index contributed by atoms with van der Waals surface area (Å²) in [7, 11) is 2.01. The smallest absolute Gasteiger partial charge is 0.0951 e. The summed E-state index contributed by atoms with van der Waals surface area (Å²) in [5.74, 6) is 0. The van der Waals surface area contributed by atoms with Gasteiger partial charge in [0.1, 0.15) is 0 Å². The maximum absolute atomic E-state index is 4.35. The second-order valence-corrected chi connectivity index (χ2v) is 6.62. The maximum atomic E-state index is 4.35. The van der Waals surface area contributed by atoms with Crippen molar-refractivity contribution in [3.63, 3.8) is 0 Å². The lowest BCUT2D eigenvalue weighted by Gasteiger charge is -2.28. The highest BCUT2D eigenvalue weighted by molar-refractivity contribution is 5.12. The van der Waals surface area contributed by atoms with Crippen LogP contribution < -0.4 is 5.32 Å². The summed E-state index contributed by atoms with van der Waals surface area (Å²) in [4.78, 5) is 4.35. The molecule has 0 saturated heterocycles. The first-order valence-electron chi connectivity index (χ1n) is 6.57. The zero-order chi connectivity index (χ0) is 12.7. The predicted molar refractivity (Wildman–Crippen MR) is 71.0 cm³/mol. The summed E-state index contributed by atoms with van der Waals surface area (Å²) in [6.45, 7) is 9.15. The van der Waals surface area contributed by atoms with Gasteiger partial charge in [0.05, 0.1) is 23.8 Å². The van der Waals surface area contributed by atoms with Crippen molar-refractivity contribution in [3.8, 4) is 0 Å². The van der Waals surface area contributed by atoms with E-state index in [0.717, 1.165) is 0 Å². The third-order valence-corrected chi connectivity index (χ3v) is 4.27. The van der Waals surface area contributed by atoms with E-state index in [0.29, 0.717) is 11.5 Å². The molecule has 1 fully saturated rings. The molecule has 17 heavy (non-hydrogen) atoms. The molecule has 1 heterocycles. The molecule has 0 aliphatic heterocycles. The molecular weight excluding hydrogens is 210 g/mol. The van der Waals surface area contributed by atoms with E-state index in [1.807, 2.05) is 19.6 Å². The van der Waals surface area contributed by atoms with Crippen molar-refractivity contribution in [3.05, 3.63) is 18.2 Å². The molecule has 1 N–H and O–H groups in total. The van der Waals surface area contributed by atoms with Crippen molar-refractivity contribution < 1.29 is 0 Å². The summed E-state index contributed by atoms with van der Waals surface area (Å²) >= 11 is 0. The second kappa shape index (κ2) is 4.13. The van der Waals surface area contributed by atoms with Crippen molar-refractivity contribution in [2.24, 2.45) is 5.41 Å². The van der Waals surface area contributed by atoms with Crippen LogP contribution >= 0.6 is 0 Å². The van der Waals surface area contributed by atoms with E-state index in [4.69, 9.17) is 0 Å². The van der Waals surface area contributed by atoms with Gasteiger partial charge in [0.25, 0.3) is 0 Å². The average Bonchev–Trinajstić information content (AvgIpc) is 2.84. The topological polar surface area (TPSA) is 29.9 Å². The van der Waals surface area contributed by atoms with Crippen LogP contribution in [0, 0.1) is 5.41 Å². The SMILES string of the molecule is CNC(C)(C)c1cncn1C1CCC(C)(C)C1. The summed E-state index contributed by atoms with van der Waals surface area (Å²) in [6, 6.07) is 0.620. The first kappa shape index (κ1) is 12.6. The van der Waals surface area contributed by atoms with Crippen LogP contribution in [0.5, 0.6) is 0 Å². The van der Waals surface area contributed by atoms with E-state index in [9.17, 15) is 0 Å². The summed E-state index contributed by atoms with van der Waals surface area (Å²) in [5, 5.41) is 3.37. The molecule has 3 heteroatoms. The molecule has 1 atom stereocenters. The minimum absolute atomic E-state index is 0.0107. The molecular formula is C14H25N3. The first-order chi connectivity index (χ1) is 7.86. The summed E-state index contributed by atoms with van der Waals surface area (Å²) in [5.41, 5.74) is 1.77. The van der Waals surface area contributed by atoms with Crippen molar-refractivity contribution in [2.45, 2.75) is 58.5 Å². The Bertz CT molecular complexity index is 390. The number of hydrogen-bond acceptors (Lipinski definition) is 2. The molecule has 0 bridgehead atoms. The third kappa shape index (κ3) is 2.39. The van der Waals surface area contributed by atoms with Crippen LogP contribution in [0.15, 0.2) is 12.5 Å². The fourth-order valence-corrected chi connectivity index (χ4v) is 2.84. The molecule has 1 saturated carbocycles. The molecule has 1 aliphatic carbocycles. The van der Waals surface area contributed by atoms with Crippen LogP contribution in [0.2, 0.25) is 0 Å². The van der Waals surface area contributed by atoms with E-state index in [1.54, 1.807) is 0 Å². The number of nitrogens with one attached hydrogen (secondary N) is 1. The normalized spacial score (nSPS) is 24.2. The number of rotatable bonds is 3. The first-order valence-corrected chi connectivity index (χ1v) is 6.57. The number of imidazole rings is 1. The van der Waals surface area contributed by atoms with Gasteiger partial charge >= 0.3 is 0 Å². The van der Waals surface area contributed by atoms with Crippen molar-refractivity contribution in [2.75, 3.05) is 7.05 Å². The Kier molecular flexibility index (Phi) is 3.06. The van der Waals surface area contributed by atoms with Gasteiger partial charge in [-0.2, -0.15) is 0 Å². The minimum Gasteiger partial charge on any atom is -0.330 e. The molecule has 0 amide bonds. The van der Waals surface area contributed by atoms with Crippen LogP contribution in [-0.4, -0.2) is 16.6 Å². The summed E-state index contributed by atoms with van der Waals surface area (Å²) in [6.07, 6.45) is 7.85. The van der Waals surface area contributed by atoms with Gasteiger partial charge in [-0.25, -0.2) is 4.98 Å². The second-order valence-electron chi connectivity index (χ2n) is 6.62. The Hall–Kier alpha value is -0.830. The highest BCUT2D eigenvalue weighted by Gasteiger charge is 2.34. The number of hydrogen-bond donors (Lipinski definition) is 1. The van der Waals surface area contributed by atoms with Gasteiger partial charge in [-0.3, -0.25) is 0 Å². The fraction of sp³-hybridized carbons (Fsp3) is 0.786. The van der Waals surface area contributed by atoms with Crippen LogP contribution in [0.25, 0.3) is 0 Å². The molecule has 3 nitrogen and oxygen atoms in total. The lowest BCUT2D eigenvalue weighted by molar-refractivity contribution is 0.341. The van der Waals surface area contributed by atoms with Crippen molar-refractivity contribution in [1.29, 1.82) is 0 Å². The van der Waals surface area contributed by atoms with Crippen LogP contribution in [0.3, 0.4) is 0 Å². The van der Waals surface area contributed by atoms with Gasteiger partial charge in [-0.1, -0.05) is 13.8 Å². The highest BCUT2D eigenvalue weighted by atomic mass is 15.1. The Labute approximate surface area is 105 Å². The molecule has 0 aromatic carbocycles. The number of nitrogens with zero attached hydrogens (tertiary/aromatic N) is 2. The van der Waals surface area contributed by atoms with E-state index < -0.39 is 0 Å². The highest BCUT2D eigenvalue weighted by Crippen LogP contribution is 2.44. The van der Waals surface area contributed by atoms with Gasteiger partial charge in [0.2, 0.25) is 0 Å². The Morgan fingerprint density at radius 3 is 2.71 bits per heavy atom. The molecule has 1 aromatic rings. The Morgan fingerprint density at radius 1 is 1.47 bits per heavy atom. The van der Waals surface area contributed by atoms with Crippen molar-refractivity contribution >= 4 is 0 Å². The maximum Gasteiger partial charge on any atom is 0.0951 e. The molecule has 1 aromatic heterocycles. The molecule has 0 radical (unpaired) electrons. The van der Waals surface area contributed by atoms with E-state index in [2.05, 4.69) is 42.6 Å². The molecule has 2 rings (SSSR count). The van der Waals surface area contributed by atoms with Crippen molar-refractivity contribution in [1.82, 2.24) is 14.9 Å². The van der Waals surface area contributed by atoms with Crippen LogP contribution in [0.1, 0.15) is 58.7 Å². The molecule has 1 unspecified atom stereocenters. The van der Waals surface area contributed by atoms with Gasteiger partial charge < -0.3 is 9.88 Å². The van der Waals surface area contributed by atoms with Crippen LogP contribution in [-0.2, 0) is 5.54 Å². The average molecular weight is 235 g/mol. The largest absolute Gasteiger partial charge is 0.330 e. The Balaban J connectivity index is 2.26. The quantitative estimate of drug-likeness (QED) is 0.872. The number of aromatic nitrogens is 2. The van der Waals surface area contributed by atoms with Gasteiger partial charge in [0.15, 0.2) is 0 Å². The molecule has 96 valence electrons. The van der Waals surface area contributed by atoms with E-state index in [1.165, 1.54) is 25.0 Å². The van der Waals surface area contributed by atoms with E-state index >= 15 is 0 Å². The third-order valence-electron chi connectivity index (χ3n) is 4.27. The summed E-state index contributed by atoms with van der Waals surface area (Å²) < 4.78 is 2.38. The zero-order valence-corrected chi connectivity index (χ0v) is 11.7. The zero-order valence-electron chi connectivity index (χ0n) is 11.7.